The summed E-state index contributed by atoms with van der Waals surface area (Å²) in [6, 6.07) is 12.3. The van der Waals surface area contributed by atoms with E-state index in [1.807, 2.05) is 24.3 Å². The molecule has 2 N–H and O–H groups in total. The van der Waals surface area contributed by atoms with Crippen LogP contribution < -0.4 is 15.4 Å². The smallest absolute Gasteiger partial charge is 0.233 e. The molecule has 0 aliphatic rings. The van der Waals surface area contributed by atoms with Crippen molar-refractivity contribution in [2.45, 2.75) is 12.8 Å². The summed E-state index contributed by atoms with van der Waals surface area (Å²) in [5.74, 6) is -0.0526. The molecule has 25 heavy (non-hydrogen) atoms. The Morgan fingerprint density at radius 1 is 1.08 bits per heavy atom. The number of carbonyl (C=O) groups excluding carboxylic acids is 2. The number of amides is 2. The molecule has 0 bridgehead atoms. The Balaban J connectivity index is 1.77. The van der Waals surface area contributed by atoms with Gasteiger partial charge in [0.15, 0.2) is 0 Å². The van der Waals surface area contributed by atoms with Gasteiger partial charge in [0.1, 0.15) is 12.2 Å². The van der Waals surface area contributed by atoms with Crippen LogP contribution in [0.3, 0.4) is 0 Å². The van der Waals surface area contributed by atoms with Gasteiger partial charge >= 0.3 is 0 Å². The molecule has 2 aromatic rings. The molecule has 0 saturated heterocycles. The Morgan fingerprint density at radius 3 is 2.64 bits per heavy atom. The zero-order valence-electron chi connectivity index (χ0n) is 13.6. The second kappa shape index (κ2) is 9.30. The number of anilines is 1. The molecular formula is C18H18Cl2N2O3. The molecule has 0 unspecified atom stereocenters. The molecule has 0 aromatic heterocycles. The zero-order valence-corrected chi connectivity index (χ0v) is 15.2. The molecule has 0 saturated carbocycles. The average Bonchev–Trinajstić information content (AvgIpc) is 2.58. The molecule has 0 aliphatic carbocycles. The molecule has 7 heteroatoms. The standard InChI is InChI=1S/C18H18Cl2N2O3/c1-25-14-4-2-3-12(9-14)7-8-21-17(23)11-18(24)22-16-10-13(19)5-6-15(16)20/h2-6,9-10H,7-8,11H2,1H3,(H,21,23)(H,22,24). The van der Waals surface area contributed by atoms with E-state index in [2.05, 4.69) is 10.6 Å². The van der Waals surface area contributed by atoms with Gasteiger partial charge in [0, 0.05) is 11.6 Å². The summed E-state index contributed by atoms with van der Waals surface area (Å²) in [7, 11) is 1.60. The van der Waals surface area contributed by atoms with Crippen LogP contribution in [0.15, 0.2) is 42.5 Å². The molecule has 0 aliphatic heterocycles. The highest BCUT2D eigenvalue weighted by Gasteiger charge is 2.11. The summed E-state index contributed by atoms with van der Waals surface area (Å²) < 4.78 is 5.15. The van der Waals surface area contributed by atoms with Crippen molar-refractivity contribution in [3.8, 4) is 5.75 Å². The number of benzene rings is 2. The largest absolute Gasteiger partial charge is 0.497 e. The molecule has 2 rings (SSSR count). The van der Waals surface area contributed by atoms with Gasteiger partial charge in [-0.1, -0.05) is 35.3 Å². The van der Waals surface area contributed by atoms with Crippen molar-refractivity contribution in [3.63, 3.8) is 0 Å². The number of halogens is 2. The quantitative estimate of drug-likeness (QED) is 0.719. The van der Waals surface area contributed by atoms with E-state index in [-0.39, 0.29) is 12.3 Å². The van der Waals surface area contributed by atoms with E-state index in [9.17, 15) is 9.59 Å². The van der Waals surface area contributed by atoms with Gasteiger partial charge in [0.05, 0.1) is 17.8 Å². The number of nitrogens with one attached hydrogen (secondary N) is 2. The van der Waals surface area contributed by atoms with Crippen molar-refractivity contribution in [1.82, 2.24) is 5.32 Å². The van der Waals surface area contributed by atoms with Crippen molar-refractivity contribution in [1.29, 1.82) is 0 Å². The number of carbonyl (C=O) groups is 2. The van der Waals surface area contributed by atoms with Crippen LogP contribution in [0.5, 0.6) is 5.75 Å². The summed E-state index contributed by atoms with van der Waals surface area (Å²) in [6.45, 7) is 0.428. The maximum Gasteiger partial charge on any atom is 0.233 e. The maximum absolute atomic E-state index is 11.9. The second-order valence-electron chi connectivity index (χ2n) is 5.30. The lowest BCUT2D eigenvalue weighted by atomic mass is 10.1. The topological polar surface area (TPSA) is 67.4 Å². The van der Waals surface area contributed by atoms with E-state index in [0.29, 0.717) is 28.7 Å². The van der Waals surface area contributed by atoms with Crippen molar-refractivity contribution < 1.29 is 14.3 Å². The normalized spacial score (nSPS) is 10.2. The highest BCUT2D eigenvalue weighted by molar-refractivity contribution is 6.35. The van der Waals surface area contributed by atoms with Gasteiger partial charge in [-0.25, -0.2) is 0 Å². The van der Waals surface area contributed by atoms with Gasteiger partial charge in [-0.2, -0.15) is 0 Å². The first-order valence-corrected chi connectivity index (χ1v) is 8.38. The van der Waals surface area contributed by atoms with E-state index in [4.69, 9.17) is 27.9 Å². The number of hydrogen-bond donors (Lipinski definition) is 2. The van der Waals surface area contributed by atoms with Crippen LogP contribution in [-0.4, -0.2) is 25.5 Å². The van der Waals surface area contributed by atoms with Crippen LogP contribution in [0.25, 0.3) is 0 Å². The maximum atomic E-state index is 11.9. The summed E-state index contributed by atoms with van der Waals surface area (Å²) >= 11 is 11.8. The molecule has 0 atom stereocenters. The first-order valence-electron chi connectivity index (χ1n) is 7.62. The highest BCUT2D eigenvalue weighted by atomic mass is 35.5. The first kappa shape index (κ1) is 19.1. The lowest BCUT2D eigenvalue weighted by Crippen LogP contribution is -2.29. The Bertz CT molecular complexity index is 766. The monoisotopic (exact) mass is 380 g/mol. The fraction of sp³-hybridized carbons (Fsp3) is 0.222. The SMILES string of the molecule is COc1cccc(CCNC(=O)CC(=O)Nc2cc(Cl)ccc2Cl)c1. The minimum absolute atomic E-state index is 0.291. The van der Waals surface area contributed by atoms with Crippen LogP contribution >= 0.6 is 23.2 Å². The summed E-state index contributed by atoms with van der Waals surface area (Å²) in [5, 5.41) is 6.09. The number of methoxy groups -OCH3 is 1. The van der Waals surface area contributed by atoms with Crippen molar-refractivity contribution in [3.05, 3.63) is 58.1 Å². The van der Waals surface area contributed by atoms with Crippen LogP contribution in [0.4, 0.5) is 5.69 Å². The van der Waals surface area contributed by atoms with Gasteiger partial charge in [0.25, 0.3) is 0 Å². The number of hydrogen-bond acceptors (Lipinski definition) is 3. The second-order valence-corrected chi connectivity index (χ2v) is 6.14. The highest BCUT2D eigenvalue weighted by Crippen LogP contribution is 2.25. The molecule has 0 radical (unpaired) electrons. The Labute approximate surface area is 156 Å². The van der Waals surface area contributed by atoms with Gasteiger partial charge in [-0.05, 0) is 42.3 Å². The summed E-state index contributed by atoms with van der Waals surface area (Å²) in [6.07, 6.45) is 0.353. The first-order chi connectivity index (χ1) is 12.0. The predicted molar refractivity (Wildman–Crippen MR) is 99.4 cm³/mol. The number of rotatable bonds is 7. The van der Waals surface area contributed by atoms with Crippen molar-refractivity contribution in [2.24, 2.45) is 0 Å². The van der Waals surface area contributed by atoms with E-state index in [1.54, 1.807) is 19.2 Å². The molecule has 0 fully saturated rings. The van der Waals surface area contributed by atoms with Crippen LogP contribution in [0, 0.1) is 0 Å². The summed E-state index contributed by atoms with van der Waals surface area (Å²) in [5.41, 5.74) is 1.41. The third kappa shape index (κ3) is 6.29. The summed E-state index contributed by atoms with van der Waals surface area (Å²) in [4.78, 5) is 23.8. The van der Waals surface area contributed by atoms with Crippen LogP contribution in [0.1, 0.15) is 12.0 Å². The Morgan fingerprint density at radius 2 is 1.88 bits per heavy atom. The minimum Gasteiger partial charge on any atom is -0.497 e. The Hall–Kier alpha value is -2.24. The minimum atomic E-state index is -0.456. The van der Waals surface area contributed by atoms with E-state index in [0.717, 1.165) is 11.3 Å². The molecular weight excluding hydrogens is 363 g/mol. The van der Waals surface area contributed by atoms with Crippen molar-refractivity contribution >= 4 is 40.7 Å². The van der Waals surface area contributed by atoms with Crippen LogP contribution in [-0.2, 0) is 16.0 Å². The third-order valence-electron chi connectivity index (χ3n) is 3.39. The lowest BCUT2D eigenvalue weighted by molar-refractivity contribution is -0.126. The van der Waals surface area contributed by atoms with Gasteiger partial charge in [-0.3, -0.25) is 9.59 Å². The number of ether oxygens (including phenoxy) is 1. The van der Waals surface area contributed by atoms with Crippen LogP contribution in [0.2, 0.25) is 10.0 Å². The fourth-order valence-corrected chi connectivity index (χ4v) is 2.51. The molecule has 0 heterocycles. The third-order valence-corrected chi connectivity index (χ3v) is 3.96. The van der Waals surface area contributed by atoms with E-state index < -0.39 is 5.91 Å². The van der Waals surface area contributed by atoms with Gasteiger partial charge in [-0.15, -0.1) is 0 Å². The molecule has 5 nitrogen and oxygen atoms in total. The zero-order chi connectivity index (χ0) is 18.2. The predicted octanol–water partition coefficient (Wildman–Crippen LogP) is 3.69. The lowest BCUT2D eigenvalue weighted by Gasteiger charge is -2.09. The fourth-order valence-electron chi connectivity index (χ4n) is 2.17. The van der Waals surface area contributed by atoms with Gasteiger partial charge in [0.2, 0.25) is 11.8 Å². The average molecular weight is 381 g/mol. The molecule has 0 spiro atoms. The molecule has 132 valence electrons. The van der Waals surface area contributed by atoms with Gasteiger partial charge < -0.3 is 15.4 Å². The molecule has 2 aromatic carbocycles. The molecule has 2 amide bonds. The van der Waals surface area contributed by atoms with Crippen molar-refractivity contribution in [2.75, 3.05) is 19.0 Å². The Kier molecular flexibility index (Phi) is 7.10. The van der Waals surface area contributed by atoms with E-state index >= 15 is 0 Å². The van der Waals surface area contributed by atoms with E-state index in [1.165, 1.54) is 6.07 Å².